The van der Waals surface area contributed by atoms with Gasteiger partial charge in [-0.15, -0.1) is 0 Å². The molecule has 3 aromatic carbocycles. The van der Waals surface area contributed by atoms with Crippen LogP contribution in [0.2, 0.25) is 0 Å². The van der Waals surface area contributed by atoms with E-state index in [4.69, 9.17) is 4.42 Å². The number of hydrogen-bond acceptors (Lipinski definition) is 3. The van der Waals surface area contributed by atoms with Crippen LogP contribution in [0.4, 0.5) is 0 Å². The van der Waals surface area contributed by atoms with Gasteiger partial charge in [0.1, 0.15) is 17.9 Å². The highest BCUT2D eigenvalue weighted by Gasteiger charge is 2.17. The lowest BCUT2D eigenvalue weighted by atomic mass is 9.91. The molecule has 1 heterocycles. The van der Waals surface area contributed by atoms with Crippen molar-refractivity contribution in [1.29, 1.82) is 0 Å². The van der Waals surface area contributed by atoms with Gasteiger partial charge in [-0.05, 0) is 30.2 Å². The molecule has 3 N–H and O–H groups in total. The minimum atomic E-state index is -0.391. The molecule has 0 radical (unpaired) electrons. The summed E-state index contributed by atoms with van der Waals surface area (Å²) in [6.45, 7) is 3.27. The molecule has 0 bridgehead atoms. The monoisotopic (exact) mass is 386 g/mol. The molecular formula is C25H24NO3+. The molecule has 0 saturated heterocycles. The Hall–Kier alpha value is -3.37. The second-order valence-electron chi connectivity index (χ2n) is 7.28. The number of hydrogen-bond donors (Lipinski definition) is 2. The van der Waals surface area contributed by atoms with E-state index in [1.807, 2.05) is 18.2 Å². The highest BCUT2D eigenvalue weighted by Crippen LogP contribution is 2.27. The zero-order chi connectivity index (χ0) is 20.2. The second kappa shape index (κ2) is 8.33. The van der Waals surface area contributed by atoms with Gasteiger partial charge in [0.15, 0.2) is 0 Å². The van der Waals surface area contributed by atoms with Crippen molar-refractivity contribution in [3.63, 3.8) is 0 Å². The molecule has 0 spiro atoms. The van der Waals surface area contributed by atoms with E-state index in [-0.39, 0.29) is 11.7 Å². The predicted molar refractivity (Wildman–Crippen MR) is 114 cm³/mol. The third-order valence-corrected chi connectivity index (χ3v) is 5.39. The maximum absolute atomic E-state index is 12.0. The molecule has 4 nitrogen and oxygen atoms in total. The van der Waals surface area contributed by atoms with E-state index in [1.165, 1.54) is 11.1 Å². The number of aromatic hydroxyl groups is 1. The Morgan fingerprint density at radius 3 is 2.17 bits per heavy atom. The summed E-state index contributed by atoms with van der Waals surface area (Å²) in [6.07, 6.45) is 0. The number of rotatable bonds is 6. The van der Waals surface area contributed by atoms with E-state index in [0.29, 0.717) is 17.7 Å². The van der Waals surface area contributed by atoms with Gasteiger partial charge in [0.05, 0.1) is 12.5 Å². The summed E-state index contributed by atoms with van der Waals surface area (Å²) < 4.78 is 5.35. The first kappa shape index (κ1) is 19.0. The Kier molecular flexibility index (Phi) is 5.45. The quantitative estimate of drug-likeness (QED) is 0.497. The third kappa shape index (κ3) is 4.08. The number of quaternary nitrogens is 1. The number of benzene rings is 3. The minimum Gasteiger partial charge on any atom is -0.508 e. The lowest BCUT2D eigenvalue weighted by molar-refractivity contribution is -0.671. The first-order valence-electron chi connectivity index (χ1n) is 9.80. The molecule has 4 aromatic rings. The fourth-order valence-electron chi connectivity index (χ4n) is 3.83. The Morgan fingerprint density at radius 1 is 0.931 bits per heavy atom. The van der Waals surface area contributed by atoms with Gasteiger partial charge in [-0.2, -0.15) is 0 Å². The van der Waals surface area contributed by atoms with Crippen LogP contribution in [-0.2, 0) is 6.54 Å². The molecule has 4 heteroatoms. The van der Waals surface area contributed by atoms with Gasteiger partial charge in [-0.1, -0.05) is 60.7 Å². The van der Waals surface area contributed by atoms with Gasteiger partial charge >= 0.3 is 5.63 Å². The zero-order valence-corrected chi connectivity index (χ0v) is 16.3. The normalized spacial score (nSPS) is 11.2. The van der Waals surface area contributed by atoms with E-state index < -0.39 is 5.63 Å². The lowest BCUT2D eigenvalue weighted by Crippen LogP contribution is -2.83. The van der Waals surface area contributed by atoms with Crippen molar-refractivity contribution in [3.8, 4) is 5.75 Å². The fourth-order valence-corrected chi connectivity index (χ4v) is 3.83. The number of nitrogens with two attached hydrogens (primary N) is 1. The molecule has 0 aliphatic rings. The Bertz CT molecular complexity index is 1130. The molecule has 0 unspecified atom stereocenters. The summed E-state index contributed by atoms with van der Waals surface area (Å²) in [5, 5.41) is 13.0. The fraction of sp³-hybridized carbons (Fsp3) is 0.160. The molecule has 0 amide bonds. The smallest absolute Gasteiger partial charge is 0.336 e. The van der Waals surface area contributed by atoms with Crippen molar-refractivity contribution in [1.82, 2.24) is 0 Å². The average Bonchev–Trinajstić information content (AvgIpc) is 2.75. The molecular weight excluding hydrogens is 362 g/mol. The van der Waals surface area contributed by atoms with Crippen molar-refractivity contribution in [2.75, 3.05) is 6.54 Å². The minimum absolute atomic E-state index is 0.134. The summed E-state index contributed by atoms with van der Waals surface area (Å²) >= 11 is 0. The molecule has 0 saturated carbocycles. The Labute approximate surface area is 169 Å². The van der Waals surface area contributed by atoms with Gasteiger partial charge in [-0.25, -0.2) is 4.79 Å². The van der Waals surface area contributed by atoms with E-state index >= 15 is 0 Å². The van der Waals surface area contributed by atoms with Crippen LogP contribution < -0.4 is 10.9 Å². The maximum atomic E-state index is 12.0. The molecule has 146 valence electrons. The SMILES string of the molecule is Cc1c(O)ccc2c(C[NH2+]CC(c3ccccc3)c3ccccc3)cc(=O)oc12. The first-order chi connectivity index (χ1) is 14.1. The molecule has 0 fully saturated rings. The molecule has 0 atom stereocenters. The lowest BCUT2D eigenvalue weighted by Gasteiger charge is -2.17. The first-order valence-corrected chi connectivity index (χ1v) is 9.80. The van der Waals surface area contributed by atoms with Crippen molar-refractivity contribution in [3.05, 3.63) is 112 Å². The van der Waals surface area contributed by atoms with Crippen LogP contribution in [0.15, 0.2) is 88.1 Å². The molecule has 29 heavy (non-hydrogen) atoms. The van der Waals surface area contributed by atoms with Crippen LogP contribution in [0.1, 0.15) is 28.2 Å². The number of phenolic OH excluding ortho intramolecular Hbond substituents is 1. The van der Waals surface area contributed by atoms with E-state index in [9.17, 15) is 9.90 Å². The summed E-state index contributed by atoms with van der Waals surface area (Å²) in [7, 11) is 0. The van der Waals surface area contributed by atoms with E-state index in [2.05, 4.69) is 53.8 Å². The third-order valence-electron chi connectivity index (χ3n) is 5.39. The van der Waals surface area contributed by atoms with Gasteiger partial charge in [0, 0.05) is 22.6 Å². The van der Waals surface area contributed by atoms with Crippen LogP contribution >= 0.6 is 0 Å². The highest BCUT2D eigenvalue weighted by molar-refractivity contribution is 5.84. The topological polar surface area (TPSA) is 67.1 Å². The van der Waals surface area contributed by atoms with Gasteiger partial charge in [-0.3, -0.25) is 0 Å². The molecule has 0 aliphatic heterocycles. The van der Waals surface area contributed by atoms with Crippen LogP contribution in [0.25, 0.3) is 11.0 Å². The van der Waals surface area contributed by atoms with Crippen molar-refractivity contribution in [2.24, 2.45) is 0 Å². The summed E-state index contributed by atoms with van der Waals surface area (Å²) in [5.41, 5.74) is 4.12. The maximum Gasteiger partial charge on any atom is 0.336 e. The zero-order valence-electron chi connectivity index (χ0n) is 16.3. The number of aryl methyl sites for hydroxylation is 1. The largest absolute Gasteiger partial charge is 0.508 e. The number of phenols is 1. The molecule has 4 rings (SSSR count). The highest BCUT2D eigenvalue weighted by atomic mass is 16.4. The Morgan fingerprint density at radius 2 is 1.55 bits per heavy atom. The van der Waals surface area contributed by atoms with Crippen LogP contribution in [0.3, 0.4) is 0 Å². The van der Waals surface area contributed by atoms with Crippen LogP contribution in [0.5, 0.6) is 5.75 Å². The van der Waals surface area contributed by atoms with Gasteiger partial charge in [0.25, 0.3) is 0 Å². The second-order valence-corrected chi connectivity index (χ2v) is 7.28. The Balaban J connectivity index is 1.60. The van der Waals surface area contributed by atoms with E-state index in [0.717, 1.165) is 17.5 Å². The van der Waals surface area contributed by atoms with E-state index in [1.54, 1.807) is 19.1 Å². The van der Waals surface area contributed by atoms with Crippen molar-refractivity contribution >= 4 is 11.0 Å². The molecule has 1 aromatic heterocycles. The number of fused-ring (bicyclic) bond motifs is 1. The van der Waals surface area contributed by atoms with Gasteiger partial charge < -0.3 is 14.8 Å². The molecule has 0 aliphatic carbocycles. The predicted octanol–water partition coefficient (Wildman–Crippen LogP) is 3.70. The van der Waals surface area contributed by atoms with Gasteiger partial charge in [0.2, 0.25) is 0 Å². The standard InChI is InChI=1S/C25H23NO3/c1-17-23(27)13-12-21-20(14-24(28)29-25(17)21)15-26-16-22(18-8-4-2-5-9-18)19-10-6-3-7-11-19/h2-14,22,26-27H,15-16H2,1H3/p+1. The van der Waals surface area contributed by atoms with Crippen molar-refractivity contribution in [2.45, 2.75) is 19.4 Å². The van der Waals surface area contributed by atoms with Crippen LogP contribution in [-0.4, -0.2) is 11.7 Å². The summed E-state index contributed by atoms with van der Waals surface area (Å²) in [6, 6.07) is 26.0. The van der Waals surface area contributed by atoms with Crippen LogP contribution in [0, 0.1) is 6.92 Å². The van der Waals surface area contributed by atoms with Crippen molar-refractivity contribution < 1.29 is 14.8 Å². The average molecular weight is 386 g/mol. The summed E-state index contributed by atoms with van der Waals surface area (Å²) in [4.78, 5) is 12.0. The summed E-state index contributed by atoms with van der Waals surface area (Å²) in [5.74, 6) is 0.393.